The summed E-state index contributed by atoms with van der Waals surface area (Å²) in [5.74, 6) is -0.860. The number of halogens is 1. The number of aromatic carboxylic acids is 1. The van der Waals surface area contributed by atoms with E-state index >= 15 is 0 Å². The highest BCUT2D eigenvalue weighted by Gasteiger charge is 2.28. The standard InChI is InChI=1S/C14H18BrNO2/c1-14(2)6-3-7-16(9-14)12-8-10(15)4-5-11(12)13(17)18/h4-5,8H,3,6-7,9H2,1-2H3,(H,17,18). The molecule has 1 heterocycles. The van der Waals surface area contributed by atoms with E-state index in [0.717, 1.165) is 29.7 Å². The summed E-state index contributed by atoms with van der Waals surface area (Å²) in [6.07, 6.45) is 2.30. The minimum Gasteiger partial charge on any atom is -0.478 e. The Morgan fingerprint density at radius 2 is 2.17 bits per heavy atom. The molecule has 0 aliphatic carbocycles. The van der Waals surface area contributed by atoms with Crippen LogP contribution in [0.1, 0.15) is 37.0 Å². The summed E-state index contributed by atoms with van der Waals surface area (Å²) >= 11 is 3.42. The molecule has 1 aromatic carbocycles. The van der Waals surface area contributed by atoms with Gasteiger partial charge in [-0.2, -0.15) is 0 Å². The lowest BCUT2D eigenvalue weighted by Gasteiger charge is -2.40. The van der Waals surface area contributed by atoms with E-state index in [2.05, 4.69) is 34.7 Å². The van der Waals surface area contributed by atoms with Crippen molar-refractivity contribution in [3.63, 3.8) is 0 Å². The summed E-state index contributed by atoms with van der Waals surface area (Å²) in [6.45, 7) is 6.30. The SMILES string of the molecule is CC1(C)CCCN(c2cc(Br)ccc2C(=O)O)C1. The molecule has 1 N–H and O–H groups in total. The number of nitrogens with zero attached hydrogens (tertiary/aromatic N) is 1. The van der Waals surface area contributed by atoms with Gasteiger partial charge in [0.05, 0.1) is 11.3 Å². The third-order valence-corrected chi connectivity index (χ3v) is 3.92. The van der Waals surface area contributed by atoms with Gasteiger partial charge in [0.1, 0.15) is 0 Å². The molecule has 0 radical (unpaired) electrons. The van der Waals surface area contributed by atoms with Gasteiger partial charge in [0.25, 0.3) is 0 Å². The molecule has 0 atom stereocenters. The van der Waals surface area contributed by atoms with Crippen LogP contribution in [0.15, 0.2) is 22.7 Å². The number of piperidine rings is 1. The van der Waals surface area contributed by atoms with E-state index < -0.39 is 5.97 Å². The van der Waals surface area contributed by atoms with E-state index in [9.17, 15) is 9.90 Å². The van der Waals surface area contributed by atoms with Crippen LogP contribution in [0.3, 0.4) is 0 Å². The normalized spacial score (nSPS) is 18.7. The Morgan fingerprint density at radius 1 is 1.44 bits per heavy atom. The van der Waals surface area contributed by atoms with Crippen LogP contribution < -0.4 is 4.90 Å². The van der Waals surface area contributed by atoms with Crippen LogP contribution in [0.2, 0.25) is 0 Å². The lowest BCUT2D eigenvalue weighted by Crippen LogP contribution is -2.40. The fraction of sp³-hybridized carbons (Fsp3) is 0.500. The van der Waals surface area contributed by atoms with E-state index in [4.69, 9.17) is 0 Å². The number of carboxylic acid groups (broad SMARTS) is 1. The summed E-state index contributed by atoms with van der Waals surface area (Å²) < 4.78 is 0.922. The van der Waals surface area contributed by atoms with Crippen LogP contribution in [-0.4, -0.2) is 24.2 Å². The molecule has 2 rings (SSSR count). The maximum Gasteiger partial charge on any atom is 0.337 e. The van der Waals surface area contributed by atoms with Crippen LogP contribution in [0, 0.1) is 5.41 Å². The highest BCUT2D eigenvalue weighted by molar-refractivity contribution is 9.10. The zero-order valence-corrected chi connectivity index (χ0v) is 12.3. The van der Waals surface area contributed by atoms with Gasteiger partial charge in [-0.1, -0.05) is 29.8 Å². The number of carbonyl (C=O) groups is 1. The van der Waals surface area contributed by atoms with Crippen LogP contribution in [0.5, 0.6) is 0 Å². The van der Waals surface area contributed by atoms with Crippen molar-refractivity contribution in [3.05, 3.63) is 28.2 Å². The average molecular weight is 312 g/mol. The van der Waals surface area contributed by atoms with Gasteiger partial charge in [-0.25, -0.2) is 4.79 Å². The second kappa shape index (κ2) is 4.92. The van der Waals surface area contributed by atoms with Crippen molar-refractivity contribution in [2.24, 2.45) is 5.41 Å². The zero-order valence-electron chi connectivity index (χ0n) is 10.7. The van der Waals surface area contributed by atoms with Crippen LogP contribution in [0.4, 0.5) is 5.69 Å². The van der Waals surface area contributed by atoms with Crippen molar-refractivity contribution in [1.29, 1.82) is 0 Å². The maximum atomic E-state index is 11.3. The van der Waals surface area contributed by atoms with E-state index in [0.29, 0.717) is 5.56 Å². The molecule has 1 aliphatic heterocycles. The van der Waals surface area contributed by atoms with Crippen molar-refractivity contribution in [2.75, 3.05) is 18.0 Å². The first-order chi connectivity index (χ1) is 8.39. The Balaban J connectivity index is 2.37. The molecule has 0 unspecified atom stereocenters. The Morgan fingerprint density at radius 3 is 2.78 bits per heavy atom. The summed E-state index contributed by atoms with van der Waals surface area (Å²) in [5, 5.41) is 9.28. The van der Waals surface area contributed by atoms with Gasteiger partial charge in [0.15, 0.2) is 0 Å². The van der Waals surface area contributed by atoms with E-state index in [1.165, 1.54) is 6.42 Å². The quantitative estimate of drug-likeness (QED) is 0.903. The monoisotopic (exact) mass is 311 g/mol. The predicted octanol–water partition coefficient (Wildman–Crippen LogP) is 3.77. The summed E-state index contributed by atoms with van der Waals surface area (Å²) in [7, 11) is 0. The first-order valence-corrected chi connectivity index (χ1v) is 6.96. The number of hydrogen-bond acceptors (Lipinski definition) is 2. The lowest BCUT2D eigenvalue weighted by atomic mass is 9.84. The van der Waals surface area contributed by atoms with Crippen LogP contribution >= 0.6 is 15.9 Å². The fourth-order valence-corrected chi connectivity index (χ4v) is 2.93. The highest BCUT2D eigenvalue weighted by atomic mass is 79.9. The molecule has 3 nitrogen and oxygen atoms in total. The molecule has 1 fully saturated rings. The van der Waals surface area contributed by atoms with Gasteiger partial charge in [0.2, 0.25) is 0 Å². The molecule has 98 valence electrons. The predicted molar refractivity (Wildman–Crippen MR) is 76.3 cm³/mol. The highest BCUT2D eigenvalue weighted by Crippen LogP contribution is 2.34. The number of hydrogen-bond donors (Lipinski definition) is 1. The zero-order chi connectivity index (χ0) is 13.3. The van der Waals surface area contributed by atoms with Crippen molar-refractivity contribution in [1.82, 2.24) is 0 Å². The first-order valence-electron chi connectivity index (χ1n) is 6.17. The number of carboxylic acids is 1. The topological polar surface area (TPSA) is 40.5 Å². The molecule has 4 heteroatoms. The minimum absolute atomic E-state index is 0.246. The van der Waals surface area contributed by atoms with Gasteiger partial charge in [-0.3, -0.25) is 0 Å². The Labute approximate surface area is 116 Å². The van der Waals surface area contributed by atoms with Crippen molar-refractivity contribution in [2.45, 2.75) is 26.7 Å². The van der Waals surface area contributed by atoms with Gasteiger partial charge in [-0.05, 0) is 36.5 Å². The van der Waals surface area contributed by atoms with E-state index in [1.54, 1.807) is 12.1 Å². The average Bonchev–Trinajstić information content (AvgIpc) is 2.27. The molecule has 1 aromatic rings. The maximum absolute atomic E-state index is 11.3. The van der Waals surface area contributed by atoms with Crippen LogP contribution in [-0.2, 0) is 0 Å². The molecule has 0 aromatic heterocycles. The molecule has 0 amide bonds. The van der Waals surface area contributed by atoms with Gasteiger partial charge in [0, 0.05) is 17.6 Å². The van der Waals surface area contributed by atoms with E-state index in [1.807, 2.05) is 6.07 Å². The van der Waals surface area contributed by atoms with Gasteiger partial charge in [-0.15, -0.1) is 0 Å². The largest absolute Gasteiger partial charge is 0.478 e. The Bertz CT molecular complexity index is 471. The molecule has 18 heavy (non-hydrogen) atoms. The molecule has 1 aliphatic rings. The summed E-state index contributed by atoms with van der Waals surface area (Å²) in [5.41, 5.74) is 1.46. The van der Waals surface area contributed by atoms with E-state index in [-0.39, 0.29) is 5.41 Å². The fourth-order valence-electron chi connectivity index (χ4n) is 2.58. The van der Waals surface area contributed by atoms with Gasteiger partial charge >= 0.3 is 5.97 Å². The number of anilines is 1. The van der Waals surface area contributed by atoms with Crippen LogP contribution in [0.25, 0.3) is 0 Å². The molecule has 0 spiro atoms. The number of rotatable bonds is 2. The third-order valence-electron chi connectivity index (χ3n) is 3.43. The molecular formula is C14H18BrNO2. The molecule has 0 saturated carbocycles. The summed E-state index contributed by atoms with van der Waals surface area (Å²) in [6, 6.07) is 5.36. The Kier molecular flexibility index (Phi) is 3.66. The minimum atomic E-state index is -0.860. The Hall–Kier alpha value is -1.03. The smallest absolute Gasteiger partial charge is 0.337 e. The molecular weight excluding hydrogens is 294 g/mol. The second-order valence-corrected chi connectivity index (χ2v) is 6.57. The molecule has 0 bridgehead atoms. The number of benzene rings is 1. The van der Waals surface area contributed by atoms with Crippen molar-refractivity contribution in [3.8, 4) is 0 Å². The second-order valence-electron chi connectivity index (χ2n) is 5.66. The first kappa shape index (κ1) is 13.4. The van der Waals surface area contributed by atoms with Crippen molar-refractivity contribution < 1.29 is 9.90 Å². The van der Waals surface area contributed by atoms with Crippen molar-refractivity contribution >= 4 is 27.6 Å². The third kappa shape index (κ3) is 2.86. The summed E-state index contributed by atoms with van der Waals surface area (Å²) in [4.78, 5) is 13.5. The van der Waals surface area contributed by atoms with Gasteiger partial charge < -0.3 is 10.0 Å². The lowest BCUT2D eigenvalue weighted by molar-refractivity contribution is 0.0697. The molecule has 1 saturated heterocycles.